The van der Waals surface area contributed by atoms with E-state index in [0.717, 1.165) is 16.8 Å². The van der Waals surface area contributed by atoms with Gasteiger partial charge in [-0.3, -0.25) is 0 Å². The highest BCUT2D eigenvalue weighted by Crippen LogP contribution is 2.15. The molecular formula is C19H22ClN5O2. The average molecular weight is 388 g/mol. The fourth-order valence-corrected chi connectivity index (χ4v) is 2.70. The van der Waals surface area contributed by atoms with Gasteiger partial charge in [0.15, 0.2) is 0 Å². The highest BCUT2D eigenvalue weighted by atomic mass is 35.5. The van der Waals surface area contributed by atoms with Crippen molar-refractivity contribution in [1.82, 2.24) is 25.5 Å². The van der Waals surface area contributed by atoms with Gasteiger partial charge in [-0.1, -0.05) is 35.9 Å². The first kappa shape index (κ1) is 19.4. The first-order valence-electron chi connectivity index (χ1n) is 8.69. The van der Waals surface area contributed by atoms with Gasteiger partial charge in [0.1, 0.15) is 6.33 Å². The quantitative estimate of drug-likeness (QED) is 0.587. The minimum atomic E-state index is -0.583. The molecule has 0 amide bonds. The second kappa shape index (κ2) is 9.57. The third kappa shape index (κ3) is 5.83. The zero-order chi connectivity index (χ0) is 19.1. The van der Waals surface area contributed by atoms with Crippen LogP contribution in [-0.2, 0) is 11.3 Å². The lowest BCUT2D eigenvalue weighted by atomic mass is 10.1. The molecule has 2 aromatic carbocycles. The predicted molar refractivity (Wildman–Crippen MR) is 103 cm³/mol. The molecular weight excluding hydrogens is 366 g/mol. The van der Waals surface area contributed by atoms with E-state index in [1.807, 2.05) is 55.5 Å². The Labute approximate surface area is 162 Å². The monoisotopic (exact) mass is 387 g/mol. The number of tetrazole rings is 1. The Hall–Kier alpha value is -2.32. The van der Waals surface area contributed by atoms with E-state index in [-0.39, 0.29) is 12.6 Å². The van der Waals surface area contributed by atoms with E-state index in [1.54, 1.807) is 11.0 Å². The Morgan fingerprint density at radius 3 is 2.56 bits per heavy atom. The van der Waals surface area contributed by atoms with E-state index in [4.69, 9.17) is 16.3 Å². The third-order valence-electron chi connectivity index (χ3n) is 4.16. The zero-order valence-electron chi connectivity index (χ0n) is 15.0. The van der Waals surface area contributed by atoms with Crippen LogP contribution in [0, 0.1) is 0 Å². The highest BCUT2D eigenvalue weighted by molar-refractivity contribution is 6.30. The van der Waals surface area contributed by atoms with Crippen molar-refractivity contribution >= 4 is 11.6 Å². The van der Waals surface area contributed by atoms with Crippen LogP contribution in [0.25, 0.3) is 5.69 Å². The van der Waals surface area contributed by atoms with Gasteiger partial charge in [0.25, 0.3) is 0 Å². The van der Waals surface area contributed by atoms with Gasteiger partial charge in [-0.2, -0.15) is 0 Å². The molecule has 1 aromatic heterocycles. The summed E-state index contributed by atoms with van der Waals surface area (Å²) in [6, 6.07) is 15.5. The zero-order valence-corrected chi connectivity index (χ0v) is 15.8. The van der Waals surface area contributed by atoms with Crippen LogP contribution in [0.2, 0.25) is 5.02 Å². The number of benzene rings is 2. The van der Waals surface area contributed by atoms with Gasteiger partial charge in [0, 0.05) is 17.6 Å². The number of halogens is 1. The summed E-state index contributed by atoms with van der Waals surface area (Å²) < 4.78 is 7.16. The van der Waals surface area contributed by atoms with Gasteiger partial charge in [-0.25, -0.2) is 4.68 Å². The van der Waals surface area contributed by atoms with Crippen molar-refractivity contribution in [2.24, 2.45) is 0 Å². The molecule has 0 radical (unpaired) electrons. The second-order valence-electron chi connectivity index (χ2n) is 6.27. The van der Waals surface area contributed by atoms with Gasteiger partial charge in [0.2, 0.25) is 0 Å². The molecule has 0 spiro atoms. The Balaban J connectivity index is 1.40. The SMILES string of the molecule is CC(NCC(O)COCc1ccc(Cl)cc1)c1ccc(-n2cnnn2)cc1. The minimum absolute atomic E-state index is 0.0961. The molecule has 2 N–H and O–H groups in total. The molecule has 0 bridgehead atoms. The number of rotatable bonds is 9. The van der Waals surface area contributed by atoms with E-state index < -0.39 is 6.10 Å². The second-order valence-corrected chi connectivity index (χ2v) is 6.71. The van der Waals surface area contributed by atoms with Crippen LogP contribution in [0.1, 0.15) is 24.1 Å². The molecule has 3 aromatic rings. The Kier molecular flexibility index (Phi) is 6.89. The molecule has 3 rings (SSSR count). The van der Waals surface area contributed by atoms with E-state index in [0.29, 0.717) is 18.2 Å². The molecule has 2 unspecified atom stereocenters. The van der Waals surface area contributed by atoms with Crippen LogP contribution < -0.4 is 5.32 Å². The maximum absolute atomic E-state index is 10.1. The van der Waals surface area contributed by atoms with Crippen LogP contribution in [0.4, 0.5) is 0 Å². The maximum Gasteiger partial charge on any atom is 0.143 e. The van der Waals surface area contributed by atoms with E-state index >= 15 is 0 Å². The maximum atomic E-state index is 10.1. The Bertz CT molecular complexity index is 809. The first-order valence-corrected chi connectivity index (χ1v) is 9.06. The fourth-order valence-electron chi connectivity index (χ4n) is 2.58. The summed E-state index contributed by atoms with van der Waals surface area (Å²) in [5, 5.41) is 25.2. The van der Waals surface area contributed by atoms with Crippen molar-refractivity contribution < 1.29 is 9.84 Å². The summed E-state index contributed by atoms with van der Waals surface area (Å²) in [5.41, 5.74) is 3.03. The lowest BCUT2D eigenvalue weighted by Crippen LogP contribution is -2.32. The van der Waals surface area contributed by atoms with Crippen molar-refractivity contribution in [2.75, 3.05) is 13.2 Å². The van der Waals surface area contributed by atoms with Gasteiger partial charge < -0.3 is 15.2 Å². The molecule has 0 saturated heterocycles. The van der Waals surface area contributed by atoms with Crippen LogP contribution in [-0.4, -0.2) is 44.6 Å². The van der Waals surface area contributed by atoms with E-state index in [2.05, 4.69) is 20.8 Å². The van der Waals surface area contributed by atoms with Crippen LogP contribution in [0.3, 0.4) is 0 Å². The molecule has 0 fully saturated rings. The van der Waals surface area contributed by atoms with Gasteiger partial charge in [0.05, 0.1) is 25.0 Å². The molecule has 0 aliphatic heterocycles. The third-order valence-corrected chi connectivity index (χ3v) is 4.41. The molecule has 27 heavy (non-hydrogen) atoms. The van der Waals surface area contributed by atoms with Gasteiger partial charge in [-0.05, 0) is 52.7 Å². The highest BCUT2D eigenvalue weighted by Gasteiger charge is 2.10. The fraction of sp³-hybridized carbons (Fsp3) is 0.316. The Morgan fingerprint density at radius 2 is 1.89 bits per heavy atom. The van der Waals surface area contributed by atoms with Crippen molar-refractivity contribution in [3.63, 3.8) is 0 Å². The van der Waals surface area contributed by atoms with E-state index in [1.165, 1.54) is 0 Å². The van der Waals surface area contributed by atoms with Gasteiger partial charge >= 0.3 is 0 Å². The summed E-state index contributed by atoms with van der Waals surface area (Å²) in [7, 11) is 0. The molecule has 0 aliphatic carbocycles. The van der Waals surface area contributed by atoms with Crippen LogP contribution in [0.5, 0.6) is 0 Å². The lowest BCUT2D eigenvalue weighted by molar-refractivity contribution is 0.0278. The lowest BCUT2D eigenvalue weighted by Gasteiger charge is -2.18. The first-order chi connectivity index (χ1) is 13.1. The van der Waals surface area contributed by atoms with Crippen molar-refractivity contribution in [1.29, 1.82) is 0 Å². The summed E-state index contributed by atoms with van der Waals surface area (Å²) in [6.07, 6.45) is 0.970. The molecule has 7 nitrogen and oxygen atoms in total. The standard InChI is InChI=1S/C19H22ClN5O2/c1-14(16-4-8-18(9-5-16)25-13-22-23-24-25)21-10-19(26)12-27-11-15-2-6-17(20)7-3-15/h2-9,13-14,19,21,26H,10-12H2,1H3. The number of aliphatic hydroxyl groups is 1. The molecule has 142 valence electrons. The number of aromatic nitrogens is 4. The molecule has 0 aliphatic rings. The molecule has 8 heteroatoms. The van der Waals surface area contributed by atoms with Crippen molar-refractivity contribution in [3.8, 4) is 5.69 Å². The molecule has 0 saturated carbocycles. The number of aliphatic hydroxyl groups excluding tert-OH is 1. The summed E-state index contributed by atoms with van der Waals surface area (Å²) in [6.45, 7) is 3.20. The minimum Gasteiger partial charge on any atom is -0.389 e. The topological polar surface area (TPSA) is 85.1 Å². The summed E-state index contributed by atoms with van der Waals surface area (Å²) in [4.78, 5) is 0. The Morgan fingerprint density at radius 1 is 1.15 bits per heavy atom. The number of ether oxygens (including phenoxy) is 1. The number of hydrogen-bond donors (Lipinski definition) is 2. The average Bonchev–Trinajstić information content (AvgIpc) is 3.22. The van der Waals surface area contributed by atoms with Gasteiger partial charge in [-0.15, -0.1) is 5.10 Å². The van der Waals surface area contributed by atoms with Crippen LogP contribution >= 0.6 is 11.6 Å². The van der Waals surface area contributed by atoms with Crippen molar-refractivity contribution in [2.45, 2.75) is 25.7 Å². The molecule has 2 atom stereocenters. The number of hydrogen-bond acceptors (Lipinski definition) is 6. The number of nitrogens with one attached hydrogen (secondary N) is 1. The summed E-state index contributed by atoms with van der Waals surface area (Å²) >= 11 is 5.85. The smallest absolute Gasteiger partial charge is 0.143 e. The number of nitrogens with zero attached hydrogens (tertiary/aromatic N) is 4. The largest absolute Gasteiger partial charge is 0.389 e. The predicted octanol–water partition coefficient (Wildman–Crippen LogP) is 2.54. The normalized spacial score (nSPS) is 13.4. The molecule has 1 heterocycles. The summed E-state index contributed by atoms with van der Waals surface area (Å²) in [5.74, 6) is 0. The van der Waals surface area contributed by atoms with Crippen molar-refractivity contribution in [3.05, 3.63) is 71.0 Å². The van der Waals surface area contributed by atoms with Crippen LogP contribution in [0.15, 0.2) is 54.9 Å². The van der Waals surface area contributed by atoms with E-state index in [9.17, 15) is 5.11 Å².